The normalized spacial score (nSPS) is 23.6. The molecule has 0 radical (unpaired) electrons. The second-order valence-electron chi connectivity index (χ2n) is 8.79. The quantitative estimate of drug-likeness (QED) is 0.650. The topological polar surface area (TPSA) is 25.0 Å². The van der Waals surface area contributed by atoms with Crippen molar-refractivity contribution in [1.82, 2.24) is 24.9 Å². The van der Waals surface area contributed by atoms with Gasteiger partial charge in [-0.2, -0.15) is 0 Å². The van der Waals surface area contributed by atoms with Gasteiger partial charge in [-0.25, -0.2) is 0 Å². The van der Waals surface area contributed by atoms with E-state index in [-0.39, 0.29) is 14.9 Å². The average molecular weight is 416 g/mol. The van der Waals surface area contributed by atoms with E-state index in [1.165, 1.54) is 104 Å². The zero-order valence-electron chi connectivity index (χ0n) is 19.0. The monoisotopic (exact) mass is 415 g/mol. The standard InChI is InChI=1S/2C6H13N.C5H12N2.C5H11N.2CH4/c2*1-7-5-3-2-4-6-7;1-7-4-2-6-3-5-7;1-6-4-2-3-5-6;;/h2*2-6H2,1H3;6H,2-5H2,1H3;2-5H2,1H3;2*1H4. The zero-order chi connectivity index (χ0) is 19.7. The maximum atomic E-state index is 3.27. The second kappa shape index (κ2) is 21.0. The van der Waals surface area contributed by atoms with Crippen LogP contribution in [0.5, 0.6) is 0 Å². The molecule has 0 aromatic heterocycles. The molecule has 4 aliphatic rings. The van der Waals surface area contributed by atoms with Crippen molar-refractivity contribution in [1.29, 1.82) is 0 Å². The molecule has 4 heterocycles. The van der Waals surface area contributed by atoms with Crippen LogP contribution < -0.4 is 5.32 Å². The van der Waals surface area contributed by atoms with Crippen molar-refractivity contribution in [3.8, 4) is 0 Å². The minimum absolute atomic E-state index is 0. The van der Waals surface area contributed by atoms with Crippen LogP contribution in [0.25, 0.3) is 0 Å². The Kier molecular flexibility index (Phi) is 22.5. The first kappa shape index (κ1) is 31.0. The molecule has 4 fully saturated rings. The minimum atomic E-state index is 0. The molecule has 0 spiro atoms. The molecule has 0 atom stereocenters. The number of piperazine rings is 1. The third-order valence-corrected chi connectivity index (χ3v) is 5.83. The Balaban J connectivity index is 0. The van der Waals surface area contributed by atoms with Gasteiger partial charge in [0.1, 0.15) is 0 Å². The maximum absolute atomic E-state index is 3.27. The van der Waals surface area contributed by atoms with Gasteiger partial charge in [-0.05, 0) is 106 Å². The molecule has 5 nitrogen and oxygen atoms in total. The van der Waals surface area contributed by atoms with Crippen molar-refractivity contribution in [3.05, 3.63) is 0 Å². The van der Waals surface area contributed by atoms with E-state index < -0.39 is 0 Å². The lowest BCUT2D eigenvalue weighted by Gasteiger charge is -2.21. The molecule has 0 aromatic rings. The number of piperidine rings is 2. The fourth-order valence-electron chi connectivity index (χ4n) is 3.76. The SMILES string of the molecule is C.C.CN1CCCC1.CN1CCCCC1.CN1CCCCC1.CN1CCNCC1. The van der Waals surface area contributed by atoms with E-state index in [0.29, 0.717) is 0 Å². The molecular weight excluding hydrogens is 358 g/mol. The summed E-state index contributed by atoms with van der Waals surface area (Å²) in [6, 6.07) is 0. The van der Waals surface area contributed by atoms with Crippen LogP contribution in [0.2, 0.25) is 0 Å². The van der Waals surface area contributed by atoms with Gasteiger partial charge in [-0.15, -0.1) is 0 Å². The fraction of sp³-hybridized carbons (Fsp3) is 1.00. The molecular formula is C24H57N5. The maximum Gasteiger partial charge on any atom is 0.0104 e. The van der Waals surface area contributed by atoms with Gasteiger partial charge in [0.2, 0.25) is 0 Å². The first-order valence-electron chi connectivity index (χ1n) is 11.5. The van der Waals surface area contributed by atoms with E-state index in [9.17, 15) is 0 Å². The molecule has 0 bridgehead atoms. The fourth-order valence-corrected chi connectivity index (χ4v) is 3.76. The number of likely N-dealkylation sites (N-methyl/N-ethyl adjacent to an activating group) is 1. The van der Waals surface area contributed by atoms with Crippen LogP contribution >= 0.6 is 0 Å². The molecule has 178 valence electrons. The third-order valence-electron chi connectivity index (χ3n) is 5.83. The second-order valence-corrected chi connectivity index (χ2v) is 8.79. The van der Waals surface area contributed by atoms with Crippen molar-refractivity contribution >= 4 is 0 Å². The summed E-state index contributed by atoms with van der Waals surface area (Å²) in [5.74, 6) is 0. The molecule has 0 amide bonds. The molecule has 0 saturated carbocycles. The highest BCUT2D eigenvalue weighted by Crippen LogP contribution is 2.05. The van der Waals surface area contributed by atoms with Crippen LogP contribution in [0.15, 0.2) is 0 Å². The summed E-state index contributed by atoms with van der Waals surface area (Å²) < 4.78 is 0. The first-order valence-corrected chi connectivity index (χ1v) is 11.5. The molecule has 29 heavy (non-hydrogen) atoms. The molecule has 4 aliphatic heterocycles. The molecule has 5 heteroatoms. The van der Waals surface area contributed by atoms with Crippen LogP contribution in [0.3, 0.4) is 0 Å². The smallest absolute Gasteiger partial charge is 0.0104 e. The number of likely N-dealkylation sites (tertiary alicyclic amines) is 3. The van der Waals surface area contributed by atoms with Crippen LogP contribution in [-0.2, 0) is 0 Å². The molecule has 0 unspecified atom stereocenters. The number of hydrogen-bond donors (Lipinski definition) is 1. The lowest BCUT2D eigenvalue weighted by Crippen LogP contribution is -2.40. The average Bonchev–Trinajstić information content (AvgIpc) is 3.16. The molecule has 4 saturated heterocycles. The van der Waals surface area contributed by atoms with Gasteiger partial charge in [0.05, 0.1) is 0 Å². The van der Waals surface area contributed by atoms with Gasteiger partial charge < -0.3 is 24.9 Å². The number of nitrogens with one attached hydrogen (secondary N) is 1. The molecule has 0 aliphatic carbocycles. The highest BCUT2D eigenvalue weighted by molar-refractivity contribution is 4.62. The summed E-state index contributed by atoms with van der Waals surface area (Å²) in [6.45, 7) is 12.7. The zero-order valence-corrected chi connectivity index (χ0v) is 19.0. The predicted molar refractivity (Wildman–Crippen MR) is 133 cm³/mol. The Labute approximate surface area is 185 Å². The molecule has 0 aromatic carbocycles. The third kappa shape index (κ3) is 19.5. The van der Waals surface area contributed by atoms with Crippen molar-refractivity contribution in [2.24, 2.45) is 0 Å². The minimum Gasteiger partial charge on any atom is -0.314 e. The van der Waals surface area contributed by atoms with Crippen molar-refractivity contribution < 1.29 is 0 Å². The van der Waals surface area contributed by atoms with Crippen LogP contribution in [0, 0.1) is 0 Å². The van der Waals surface area contributed by atoms with Crippen LogP contribution in [-0.4, -0.2) is 113 Å². The Morgan fingerprint density at radius 2 is 0.621 bits per heavy atom. The van der Waals surface area contributed by atoms with E-state index >= 15 is 0 Å². The predicted octanol–water partition coefficient (Wildman–Crippen LogP) is 3.71. The van der Waals surface area contributed by atoms with Crippen molar-refractivity contribution in [3.63, 3.8) is 0 Å². The summed E-state index contributed by atoms with van der Waals surface area (Å²) in [6.07, 6.45) is 11.4. The van der Waals surface area contributed by atoms with E-state index in [1.807, 2.05) is 0 Å². The Morgan fingerprint density at radius 3 is 0.759 bits per heavy atom. The summed E-state index contributed by atoms with van der Waals surface area (Å²) in [5.41, 5.74) is 0. The Morgan fingerprint density at radius 1 is 0.379 bits per heavy atom. The summed E-state index contributed by atoms with van der Waals surface area (Å²) in [4.78, 5) is 9.48. The lowest BCUT2D eigenvalue weighted by molar-refractivity contribution is 0.277. The van der Waals surface area contributed by atoms with Crippen molar-refractivity contribution in [2.45, 2.75) is 66.2 Å². The van der Waals surface area contributed by atoms with Crippen molar-refractivity contribution in [2.75, 3.05) is 93.6 Å². The highest BCUT2D eigenvalue weighted by atomic mass is 15.2. The van der Waals surface area contributed by atoms with Gasteiger partial charge in [-0.3, -0.25) is 0 Å². The van der Waals surface area contributed by atoms with E-state index in [2.05, 4.69) is 53.1 Å². The lowest BCUT2D eigenvalue weighted by atomic mass is 10.1. The summed E-state index contributed by atoms with van der Waals surface area (Å²) in [5, 5.41) is 3.27. The Bertz CT molecular complexity index is 264. The van der Waals surface area contributed by atoms with Crippen LogP contribution in [0.1, 0.15) is 66.2 Å². The summed E-state index contributed by atoms with van der Waals surface area (Å²) >= 11 is 0. The van der Waals surface area contributed by atoms with Gasteiger partial charge in [0.15, 0.2) is 0 Å². The van der Waals surface area contributed by atoms with Gasteiger partial charge in [0.25, 0.3) is 0 Å². The summed E-state index contributed by atoms with van der Waals surface area (Å²) in [7, 11) is 8.71. The number of rotatable bonds is 0. The van der Waals surface area contributed by atoms with Gasteiger partial charge >= 0.3 is 0 Å². The van der Waals surface area contributed by atoms with E-state index in [4.69, 9.17) is 0 Å². The highest BCUT2D eigenvalue weighted by Gasteiger charge is 2.04. The van der Waals surface area contributed by atoms with E-state index in [0.717, 1.165) is 13.1 Å². The van der Waals surface area contributed by atoms with E-state index in [1.54, 1.807) is 0 Å². The number of hydrogen-bond acceptors (Lipinski definition) is 5. The Hall–Kier alpha value is -0.200. The first-order chi connectivity index (χ1) is 13.1. The molecule has 4 rings (SSSR count). The molecule has 1 N–H and O–H groups in total. The van der Waals surface area contributed by atoms with Crippen LogP contribution in [0.4, 0.5) is 0 Å². The van der Waals surface area contributed by atoms with Gasteiger partial charge in [-0.1, -0.05) is 27.7 Å². The van der Waals surface area contributed by atoms with Gasteiger partial charge in [0, 0.05) is 26.2 Å². The number of nitrogens with zero attached hydrogens (tertiary/aromatic N) is 4. The largest absolute Gasteiger partial charge is 0.314 e.